The molecule has 2 N–H and O–H groups in total. The summed E-state index contributed by atoms with van der Waals surface area (Å²) in [7, 11) is 0. The number of aliphatic hydroxyl groups excluding tert-OH is 1. The van der Waals surface area contributed by atoms with E-state index in [-0.39, 0.29) is 17.9 Å². The minimum absolute atomic E-state index is 0.00474. The molecule has 0 aliphatic carbocycles. The Kier molecular flexibility index (Phi) is 8.37. The number of aliphatic carboxylic acids is 1. The van der Waals surface area contributed by atoms with Crippen LogP contribution in [0.4, 0.5) is 5.69 Å². The molecule has 2 aromatic carbocycles. The summed E-state index contributed by atoms with van der Waals surface area (Å²) in [5.74, 6) is -1.33. The zero-order valence-electron chi connectivity index (χ0n) is 19.0. The first kappa shape index (κ1) is 24.9. The third-order valence-corrected chi connectivity index (χ3v) is 5.57. The number of benzene rings is 2. The Labute approximate surface area is 201 Å². The van der Waals surface area contributed by atoms with Gasteiger partial charge in [-0.3, -0.25) is 0 Å². The number of aryl methyl sites for hydroxylation is 1. The minimum Gasteiger partial charge on any atom is -0.506 e. The maximum atomic E-state index is 12.6. The van der Waals surface area contributed by atoms with E-state index in [4.69, 9.17) is 19.3 Å². The van der Waals surface area contributed by atoms with Crippen molar-refractivity contribution in [2.24, 2.45) is 4.99 Å². The van der Waals surface area contributed by atoms with Gasteiger partial charge in [0.05, 0.1) is 23.8 Å². The van der Waals surface area contributed by atoms with E-state index < -0.39 is 18.5 Å². The Balaban J connectivity index is 1.98. The Bertz CT molecular complexity index is 1170. The number of carbonyl (C=O) groups is 2. The number of hydrogen-bond donors (Lipinski definition) is 2. The van der Waals surface area contributed by atoms with Crippen LogP contribution in [0.1, 0.15) is 25.0 Å². The van der Waals surface area contributed by atoms with Crippen molar-refractivity contribution >= 4 is 40.5 Å². The van der Waals surface area contributed by atoms with E-state index in [2.05, 4.69) is 4.99 Å². The number of thioether (sulfide) groups is 1. The lowest BCUT2D eigenvalue weighted by Crippen LogP contribution is -2.12. The fraction of sp³-hybridized carbons (Fsp3) is 0.240. The van der Waals surface area contributed by atoms with Crippen molar-refractivity contribution < 1.29 is 34.0 Å². The van der Waals surface area contributed by atoms with Crippen LogP contribution in [0.3, 0.4) is 0 Å². The molecular weight excluding hydrogens is 458 g/mol. The average molecular weight is 484 g/mol. The molecule has 1 aliphatic rings. The lowest BCUT2D eigenvalue weighted by atomic mass is 10.1. The van der Waals surface area contributed by atoms with E-state index in [1.165, 1.54) is 0 Å². The van der Waals surface area contributed by atoms with Crippen molar-refractivity contribution in [3.05, 3.63) is 69.8 Å². The standard InChI is InChI=1S/C25H25NO7S/c1-4-31-19-12-16(8-11-18(19)33-14-21(27)28)13-20-23(29)22(25(30)32-5-2)24(34-20)26-17-9-6-15(3)7-10-17/h6-13,29H,4-5,14H2,1-3H3,(H,27,28)/b20-13-,26-24?. The fourth-order valence-electron chi connectivity index (χ4n) is 3.02. The number of rotatable bonds is 9. The normalized spacial score (nSPS) is 15.6. The molecule has 8 nitrogen and oxygen atoms in total. The van der Waals surface area contributed by atoms with E-state index in [0.29, 0.717) is 39.3 Å². The summed E-state index contributed by atoms with van der Waals surface area (Å²) < 4.78 is 16.0. The summed E-state index contributed by atoms with van der Waals surface area (Å²) >= 11 is 1.15. The van der Waals surface area contributed by atoms with Crippen LogP contribution in [0, 0.1) is 6.92 Å². The molecule has 1 aliphatic heterocycles. The Morgan fingerprint density at radius 1 is 1.03 bits per heavy atom. The topological polar surface area (TPSA) is 115 Å². The summed E-state index contributed by atoms with van der Waals surface area (Å²) in [5.41, 5.74) is 2.38. The summed E-state index contributed by atoms with van der Waals surface area (Å²) in [6.07, 6.45) is 1.68. The van der Waals surface area contributed by atoms with E-state index in [1.807, 2.05) is 31.2 Å². The SMILES string of the molecule is CCOC(=O)C1=C(O)/C(=C/c2ccc(OCC(=O)O)c(OCC)c2)SC1=Nc1ccc(C)cc1. The highest BCUT2D eigenvalue weighted by Crippen LogP contribution is 2.41. The Morgan fingerprint density at radius 3 is 2.41 bits per heavy atom. The summed E-state index contributed by atoms with van der Waals surface area (Å²) in [6, 6.07) is 12.4. The first-order valence-corrected chi connectivity index (χ1v) is 11.4. The summed E-state index contributed by atoms with van der Waals surface area (Å²) in [4.78, 5) is 28.4. The molecule has 0 aromatic heterocycles. The van der Waals surface area contributed by atoms with Gasteiger partial charge in [-0.15, -0.1) is 0 Å². The van der Waals surface area contributed by atoms with Gasteiger partial charge in [0.1, 0.15) is 16.4 Å². The molecule has 0 spiro atoms. The second-order valence-corrected chi connectivity index (χ2v) is 8.16. The molecule has 2 aromatic rings. The van der Waals surface area contributed by atoms with Crippen LogP contribution >= 0.6 is 11.8 Å². The minimum atomic E-state index is -1.10. The number of aliphatic imine (C=N–C) groups is 1. The molecule has 0 bridgehead atoms. The summed E-state index contributed by atoms with van der Waals surface area (Å²) in [5, 5.41) is 20.1. The second kappa shape index (κ2) is 11.4. The van der Waals surface area contributed by atoms with Crippen LogP contribution in [0.15, 0.2) is 63.7 Å². The largest absolute Gasteiger partial charge is 0.506 e. The molecule has 0 saturated carbocycles. The molecule has 0 unspecified atom stereocenters. The van der Waals surface area contributed by atoms with Crippen LogP contribution in [0.25, 0.3) is 6.08 Å². The number of carboxylic acids is 1. The van der Waals surface area contributed by atoms with Crippen LogP contribution < -0.4 is 9.47 Å². The number of nitrogens with zero attached hydrogens (tertiary/aromatic N) is 1. The van der Waals surface area contributed by atoms with Gasteiger partial charge < -0.3 is 24.4 Å². The lowest BCUT2D eigenvalue weighted by molar-refractivity contribution is -0.139. The van der Waals surface area contributed by atoms with Crippen molar-refractivity contribution in [2.75, 3.05) is 19.8 Å². The molecule has 3 rings (SSSR count). The quantitative estimate of drug-likeness (QED) is 0.476. The fourth-order valence-corrected chi connectivity index (χ4v) is 4.06. The number of carboxylic acid groups (broad SMARTS) is 1. The van der Waals surface area contributed by atoms with Gasteiger partial charge in [-0.05, 0) is 56.7 Å². The van der Waals surface area contributed by atoms with Gasteiger partial charge in [-0.2, -0.15) is 0 Å². The number of hydrogen-bond acceptors (Lipinski definition) is 8. The predicted molar refractivity (Wildman–Crippen MR) is 131 cm³/mol. The molecule has 1 heterocycles. The maximum Gasteiger partial charge on any atom is 0.344 e. The zero-order valence-corrected chi connectivity index (χ0v) is 19.8. The van der Waals surface area contributed by atoms with E-state index in [0.717, 1.165) is 17.3 Å². The first-order chi connectivity index (χ1) is 16.3. The van der Waals surface area contributed by atoms with Gasteiger partial charge in [-0.1, -0.05) is 35.5 Å². The first-order valence-electron chi connectivity index (χ1n) is 10.6. The molecule has 0 fully saturated rings. The molecule has 0 atom stereocenters. The van der Waals surface area contributed by atoms with Gasteiger partial charge in [0.15, 0.2) is 18.1 Å². The van der Waals surface area contributed by atoms with Gasteiger partial charge in [-0.25, -0.2) is 14.6 Å². The Morgan fingerprint density at radius 2 is 1.76 bits per heavy atom. The number of ether oxygens (including phenoxy) is 3. The van der Waals surface area contributed by atoms with E-state index in [1.54, 1.807) is 38.1 Å². The number of carbonyl (C=O) groups excluding carboxylic acids is 1. The van der Waals surface area contributed by atoms with Crippen LogP contribution in [-0.2, 0) is 14.3 Å². The zero-order chi connectivity index (χ0) is 24.7. The second-order valence-electron chi connectivity index (χ2n) is 7.13. The van der Waals surface area contributed by atoms with Crippen molar-refractivity contribution in [1.29, 1.82) is 0 Å². The van der Waals surface area contributed by atoms with Crippen molar-refractivity contribution in [2.45, 2.75) is 20.8 Å². The van der Waals surface area contributed by atoms with Crippen molar-refractivity contribution in [3.63, 3.8) is 0 Å². The smallest absolute Gasteiger partial charge is 0.344 e. The molecule has 34 heavy (non-hydrogen) atoms. The highest BCUT2D eigenvalue weighted by atomic mass is 32.2. The van der Waals surface area contributed by atoms with Crippen molar-refractivity contribution in [3.8, 4) is 11.5 Å². The lowest BCUT2D eigenvalue weighted by Gasteiger charge is -2.11. The van der Waals surface area contributed by atoms with E-state index >= 15 is 0 Å². The molecule has 0 saturated heterocycles. The molecular formula is C25H25NO7S. The van der Waals surface area contributed by atoms with Gasteiger partial charge in [0.25, 0.3) is 0 Å². The monoisotopic (exact) mass is 483 g/mol. The third kappa shape index (κ3) is 6.20. The van der Waals surface area contributed by atoms with Gasteiger partial charge in [0, 0.05) is 0 Å². The number of aliphatic hydroxyl groups is 1. The molecule has 0 radical (unpaired) electrons. The van der Waals surface area contributed by atoms with Crippen LogP contribution in [0.2, 0.25) is 0 Å². The third-order valence-electron chi connectivity index (χ3n) is 4.55. The van der Waals surface area contributed by atoms with Crippen molar-refractivity contribution in [1.82, 2.24) is 0 Å². The molecule has 178 valence electrons. The summed E-state index contributed by atoms with van der Waals surface area (Å²) in [6.45, 7) is 5.46. The van der Waals surface area contributed by atoms with Gasteiger partial charge in [0.2, 0.25) is 0 Å². The predicted octanol–water partition coefficient (Wildman–Crippen LogP) is 5.05. The molecule has 9 heteroatoms. The van der Waals surface area contributed by atoms with E-state index in [9.17, 15) is 14.7 Å². The number of esters is 1. The Hall–Kier alpha value is -3.72. The highest BCUT2D eigenvalue weighted by Gasteiger charge is 2.33. The van der Waals surface area contributed by atoms with Crippen LogP contribution in [0.5, 0.6) is 11.5 Å². The average Bonchev–Trinajstić information content (AvgIpc) is 3.09. The van der Waals surface area contributed by atoms with Crippen LogP contribution in [-0.4, -0.2) is 47.0 Å². The highest BCUT2D eigenvalue weighted by molar-refractivity contribution is 8.18. The van der Waals surface area contributed by atoms with Gasteiger partial charge >= 0.3 is 11.9 Å². The maximum absolute atomic E-state index is 12.6. The molecule has 0 amide bonds.